The number of nitrogens with one attached hydrogen (secondary N) is 2. The van der Waals surface area contributed by atoms with Crippen LogP contribution in [0.2, 0.25) is 5.02 Å². The van der Waals surface area contributed by atoms with Gasteiger partial charge in [0.1, 0.15) is 5.75 Å². The molecule has 2 amide bonds. The van der Waals surface area contributed by atoms with Crippen LogP contribution in [0, 0.1) is 5.92 Å². The van der Waals surface area contributed by atoms with Crippen molar-refractivity contribution in [1.82, 2.24) is 10.9 Å². The van der Waals surface area contributed by atoms with Gasteiger partial charge in [-0.2, -0.15) is 0 Å². The Morgan fingerprint density at radius 2 is 1.73 bits per heavy atom. The van der Waals surface area contributed by atoms with Crippen LogP contribution < -0.4 is 15.6 Å². The molecule has 0 aliphatic carbocycles. The Hall–Kier alpha value is -2.53. The summed E-state index contributed by atoms with van der Waals surface area (Å²) in [6.45, 7) is 4.91. The monoisotopic (exact) mass is 374 g/mol. The van der Waals surface area contributed by atoms with Crippen molar-refractivity contribution in [1.29, 1.82) is 0 Å². The van der Waals surface area contributed by atoms with Crippen LogP contribution in [0.25, 0.3) is 0 Å². The first-order chi connectivity index (χ1) is 12.5. The molecule has 2 aromatic carbocycles. The zero-order valence-electron chi connectivity index (χ0n) is 14.9. The predicted octanol–water partition coefficient (Wildman–Crippen LogP) is 3.77. The maximum atomic E-state index is 12.1. The molecule has 0 atom stereocenters. The lowest BCUT2D eigenvalue weighted by Crippen LogP contribution is -2.42. The van der Waals surface area contributed by atoms with Gasteiger partial charge >= 0.3 is 0 Å². The Balaban J connectivity index is 1.80. The van der Waals surface area contributed by atoms with E-state index < -0.39 is 5.91 Å². The lowest BCUT2D eigenvalue weighted by molar-refractivity contribution is -0.121. The molecule has 0 aliphatic rings. The van der Waals surface area contributed by atoms with E-state index in [-0.39, 0.29) is 12.3 Å². The van der Waals surface area contributed by atoms with Gasteiger partial charge in [-0.3, -0.25) is 20.4 Å². The smallest absolute Gasteiger partial charge is 0.269 e. The van der Waals surface area contributed by atoms with Gasteiger partial charge in [0.15, 0.2) is 0 Å². The number of hydrazine groups is 1. The van der Waals surface area contributed by atoms with E-state index in [4.69, 9.17) is 16.3 Å². The van der Waals surface area contributed by atoms with Crippen LogP contribution in [0.5, 0.6) is 5.75 Å². The number of hydrogen-bond donors (Lipinski definition) is 2. The predicted molar refractivity (Wildman–Crippen MR) is 102 cm³/mol. The molecule has 0 saturated heterocycles. The van der Waals surface area contributed by atoms with Gasteiger partial charge in [-0.05, 0) is 48.2 Å². The fraction of sp³-hybridized carbons (Fsp3) is 0.300. The lowest BCUT2D eigenvalue weighted by Gasteiger charge is -2.10. The number of rotatable bonds is 7. The summed E-state index contributed by atoms with van der Waals surface area (Å²) < 4.78 is 5.61. The Bertz CT molecular complexity index is 745. The van der Waals surface area contributed by atoms with Crippen LogP contribution >= 0.6 is 11.6 Å². The van der Waals surface area contributed by atoms with Gasteiger partial charge in [0, 0.05) is 10.6 Å². The number of hydrogen-bond acceptors (Lipinski definition) is 3. The number of benzene rings is 2. The Kier molecular flexibility index (Phi) is 7.48. The van der Waals surface area contributed by atoms with Crippen molar-refractivity contribution in [2.75, 3.05) is 6.61 Å². The van der Waals surface area contributed by atoms with Crippen molar-refractivity contribution in [3.8, 4) is 5.75 Å². The second kappa shape index (κ2) is 9.82. The van der Waals surface area contributed by atoms with Gasteiger partial charge in [0.2, 0.25) is 5.91 Å². The topological polar surface area (TPSA) is 67.4 Å². The van der Waals surface area contributed by atoms with Crippen LogP contribution in [0.4, 0.5) is 0 Å². The zero-order chi connectivity index (χ0) is 18.9. The first-order valence-electron chi connectivity index (χ1n) is 8.51. The SMILES string of the molecule is CC(C)CCOc1ccc(C(=O)NNC(=O)Cc2ccccc2Cl)cc1. The molecule has 6 heteroatoms. The number of ether oxygens (including phenoxy) is 1. The van der Waals surface area contributed by atoms with Gasteiger partial charge in [-0.25, -0.2) is 0 Å². The summed E-state index contributed by atoms with van der Waals surface area (Å²) in [5, 5.41) is 0.516. The summed E-state index contributed by atoms with van der Waals surface area (Å²) in [4.78, 5) is 24.0. The molecule has 26 heavy (non-hydrogen) atoms. The standard InChI is InChI=1S/C20H23ClN2O3/c1-14(2)11-12-26-17-9-7-15(8-10-17)20(25)23-22-19(24)13-16-5-3-4-6-18(16)21/h3-10,14H,11-13H2,1-2H3,(H,22,24)(H,23,25). The van der Waals surface area contributed by atoms with E-state index in [0.29, 0.717) is 34.4 Å². The normalized spacial score (nSPS) is 10.5. The highest BCUT2D eigenvalue weighted by Crippen LogP contribution is 2.15. The van der Waals surface area contributed by atoms with Crippen LogP contribution in [0.1, 0.15) is 36.2 Å². The number of carbonyl (C=O) groups excluding carboxylic acids is 2. The molecule has 0 fully saturated rings. The maximum Gasteiger partial charge on any atom is 0.269 e. The third kappa shape index (κ3) is 6.41. The summed E-state index contributed by atoms with van der Waals surface area (Å²) in [5.41, 5.74) is 5.91. The molecule has 5 nitrogen and oxygen atoms in total. The summed E-state index contributed by atoms with van der Waals surface area (Å²) >= 11 is 6.02. The fourth-order valence-corrected chi connectivity index (χ4v) is 2.38. The van der Waals surface area contributed by atoms with Crippen LogP contribution in [-0.4, -0.2) is 18.4 Å². The molecular formula is C20H23ClN2O3. The third-order valence-electron chi connectivity index (χ3n) is 3.70. The summed E-state index contributed by atoms with van der Waals surface area (Å²) in [7, 11) is 0. The second-order valence-corrected chi connectivity index (χ2v) is 6.73. The molecule has 0 aromatic heterocycles. The van der Waals surface area contributed by atoms with Gasteiger partial charge in [-0.1, -0.05) is 43.6 Å². The molecule has 0 radical (unpaired) electrons. The summed E-state index contributed by atoms with van der Waals surface area (Å²) in [5.74, 6) is 0.547. The molecule has 0 saturated carbocycles. The first kappa shape index (κ1) is 19.8. The van der Waals surface area contributed by atoms with Crippen molar-refractivity contribution in [2.45, 2.75) is 26.7 Å². The van der Waals surface area contributed by atoms with E-state index in [9.17, 15) is 9.59 Å². The minimum absolute atomic E-state index is 0.0859. The second-order valence-electron chi connectivity index (χ2n) is 6.33. The van der Waals surface area contributed by atoms with E-state index in [1.165, 1.54) is 0 Å². The highest BCUT2D eigenvalue weighted by molar-refractivity contribution is 6.31. The van der Waals surface area contributed by atoms with Crippen molar-refractivity contribution in [2.24, 2.45) is 5.92 Å². The van der Waals surface area contributed by atoms with Crippen molar-refractivity contribution in [3.05, 3.63) is 64.7 Å². The quantitative estimate of drug-likeness (QED) is 0.725. The molecule has 2 rings (SSSR count). The average Bonchev–Trinajstić information content (AvgIpc) is 2.62. The van der Waals surface area contributed by atoms with Crippen molar-refractivity contribution in [3.63, 3.8) is 0 Å². The van der Waals surface area contributed by atoms with Gasteiger partial charge in [-0.15, -0.1) is 0 Å². The van der Waals surface area contributed by atoms with Crippen molar-refractivity contribution < 1.29 is 14.3 Å². The molecule has 0 unspecified atom stereocenters. The zero-order valence-corrected chi connectivity index (χ0v) is 15.7. The van der Waals surface area contributed by atoms with Crippen molar-refractivity contribution >= 4 is 23.4 Å². The summed E-state index contributed by atoms with van der Waals surface area (Å²) in [6.07, 6.45) is 1.06. The van der Waals surface area contributed by atoms with Crippen LogP contribution in [0.3, 0.4) is 0 Å². The lowest BCUT2D eigenvalue weighted by atomic mass is 10.1. The Morgan fingerprint density at radius 3 is 2.38 bits per heavy atom. The molecular weight excluding hydrogens is 352 g/mol. The molecule has 138 valence electrons. The van der Waals surface area contributed by atoms with E-state index in [0.717, 1.165) is 6.42 Å². The van der Waals surface area contributed by atoms with E-state index >= 15 is 0 Å². The summed E-state index contributed by atoms with van der Waals surface area (Å²) in [6, 6.07) is 13.9. The molecule has 0 bridgehead atoms. The van der Waals surface area contributed by atoms with Crippen LogP contribution in [-0.2, 0) is 11.2 Å². The van der Waals surface area contributed by atoms with Gasteiger partial charge in [0.05, 0.1) is 13.0 Å². The molecule has 0 aliphatic heterocycles. The molecule has 0 heterocycles. The third-order valence-corrected chi connectivity index (χ3v) is 4.07. The minimum Gasteiger partial charge on any atom is -0.494 e. The average molecular weight is 375 g/mol. The molecule has 2 aromatic rings. The largest absolute Gasteiger partial charge is 0.494 e. The van der Waals surface area contributed by atoms with E-state index in [1.54, 1.807) is 48.5 Å². The Labute approximate surface area is 158 Å². The number of halogens is 1. The fourth-order valence-electron chi connectivity index (χ4n) is 2.17. The minimum atomic E-state index is -0.397. The van der Waals surface area contributed by atoms with Crippen LogP contribution in [0.15, 0.2) is 48.5 Å². The number of amides is 2. The Morgan fingerprint density at radius 1 is 1.04 bits per heavy atom. The highest BCUT2D eigenvalue weighted by atomic mass is 35.5. The number of carbonyl (C=O) groups is 2. The molecule has 0 spiro atoms. The molecule has 2 N–H and O–H groups in total. The van der Waals surface area contributed by atoms with Gasteiger partial charge in [0.25, 0.3) is 5.91 Å². The van der Waals surface area contributed by atoms with Gasteiger partial charge < -0.3 is 4.74 Å². The van der Waals surface area contributed by atoms with E-state index in [2.05, 4.69) is 24.7 Å². The van der Waals surface area contributed by atoms with E-state index in [1.807, 2.05) is 0 Å². The first-order valence-corrected chi connectivity index (χ1v) is 8.89. The maximum absolute atomic E-state index is 12.1. The highest BCUT2D eigenvalue weighted by Gasteiger charge is 2.10.